The van der Waals surface area contributed by atoms with Crippen LogP contribution >= 0.6 is 11.3 Å². The van der Waals surface area contributed by atoms with Crippen molar-refractivity contribution in [2.24, 2.45) is 0 Å². The first-order valence-electron chi connectivity index (χ1n) is 8.46. The van der Waals surface area contributed by atoms with Gasteiger partial charge in [0.2, 0.25) is 0 Å². The van der Waals surface area contributed by atoms with Crippen LogP contribution in [0.25, 0.3) is 22.6 Å². The van der Waals surface area contributed by atoms with Gasteiger partial charge in [0.25, 0.3) is 0 Å². The topological polar surface area (TPSA) is 55.7 Å². The molecule has 25 heavy (non-hydrogen) atoms. The molecule has 0 radical (unpaired) electrons. The molecule has 0 unspecified atom stereocenters. The van der Waals surface area contributed by atoms with Crippen LogP contribution < -0.4 is 4.74 Å². The molecular formula is C19H18N4OS. The van der Waals surface area contributed by atoms with Gasteiger partial charge >= 0.3 is 0 Å². The molecule has 5 rings (SSSR count). The maximum atomic E-state index is 5.63. The van der Waals surface area contributed by atoms with Gasteiger partial charge in [0.1, 0.15) is 17.1 Å². The minimum absolute atomic E-state index is 0.743. The van der Waals surface area contributed by atoms with E-state index in [4.69, 9.17) is 9.72 Å². The number of rotatable bonds is 4. The lowest BCUT2D eigenvalue weighted by Gasteiger charge is -2.09. The number of imidazole rings is 1. The highest BCUT2D eigenvalue weighted by molar-refractivity contribution is 7.09. The van der Waals surface area contributed by atoms with Gasteiger partial charge < -0.3 is 9.72 Å². The third kappa shape index (κ3) is 2.44. The molecule has 6 heteroatoms. The van der Waals surface area contributed by atoms with E-state index < -0.39 is 0 Å². The van der Waals surface area contributed by atoms with Gasteiger partial charge in [-0.25, -0.2) is 9.67 Å². The van der Waals surface area contributed by atoms with E-state index in [0.29, 0.717) is 0 Å². The van der Waals surface area contributed by atoms with Gasteiger partial charge in [-0.2, -0.15) is 5.10 Å². The maximum Gasteiger partial charge on any atom is 0.177 e. The summed E-state index contributed by atoms with van der Waals surface area (Å²) < 4.78 is 7.58. The number of hydrogen-bond acceptors (Lipinski definition) is 4. The monoisotopic (exact) mass is 350 g/mol. The first-order chi connectivity index (χ1) is 12.3. The molecule has 0 amide bonds. The zero-order valence-electron chi connectivity index (χ0n) is 14.0. The summed E-state index contributed by atoms with van der Waals surface area (Å²) in [5.41, 5.74) is 5.68. The average molecular weight is 350 g/mol. The second kappa shape index (κ2) is 5.74. The van der Waals surface area contributed by atoms with Crippen LogP contribution in [0.3, 0.4) is 0 Å². The molecule has 5 nitrogen and oxygen atoms in total. The highest BCUT2D eigenvalue weighted by Crippen LogP contribution is 2.35. The first kappa shape index (κ1) is 14.7. The number of fused-ring (bicyclic) bond motifs is 2. The molecule has 1 aromatic carbocycles. The Morgan fingerprint density at radius 3 is 2.96 bits per heavy atom. The highest BCUT2D eigenvalue weighted by Gasteiger charge is 2.19. The average Bonchev–Trinajstić information content (AvgIpc) is 3.39. The van der Waals surface area contributed by atoms with E-state index in [2.05, 4.69) is 39.7 Å². The standard InChI is InChI=1S/C19H18N4OS/c1-24-17-9-13-5-2-4-12(13)8-15(17)18-21-16-10-20-23(19(16)22-18)11-14-6-3-7-25-14/h3,6-10H,2,4-5,11H2,1H3,(H,21,22). The molecule has 0 saturated heterocycles. The van der Waals surface area contributed by atoms with Crippen LogP contribution in [0.4, 0.5) is 0 Å². The van der Waals surface area contributed by atoms with E-state index in [9.17, 15) is 0 Å². The Bertz CT molecular complexity index is 1050. The summed E-state index contributed by atoms with van der Waals surface area (Å²) in [6, 6.07) is 8.58. The lowest BCUT2D eigenvalue weighted by Crippen LogP contribution is -2.00. The molecule has 3 aromatic heterocycles. The number of thiophene rings is 1. The molecule has 4 aromatic rings. The number of hydrogen-bond donors (Lipinski definition) is 1. The van der Waals surface area contributed by atoms with Crippen molar-refractivity contribution in [3.05, 3.63) is 51.8 Å². The Labute approximate surface area is 149 Å². The fourth-order valence-electron chi connectivity index (χ4n) is 3.60. The normalized spacial score (nSPS) is 13.5. The first-order valence-corrected chi connectivity index (χ1v) is 9.34. The van der Waals surface area contributed by atoms with Crippen molar-refractivity contribution in [3.63, 3.8) is 0 Å². The second-order valence-electron chi connectivity index (χ2n) is 6.38. The van der Waals surface area contributed by atoms with Crippen LogP contribution in [0.2, 0.25) is 0 Å². The Balaban J connectivity index is 1.59. The summed E-state index contributed by atoms with van der Waals surface area (Å²) in [5, 5.41) is 6.55. The lowest BCUT2D eigenvalue weighted by molar-refractivity contribution is 0.415. The van der Waals surface area contributed by atoms with Crippen LogP contribution in [0, 0.1) is 0 Å². The minimum Gasteiger partial charge on any atom is -0.496 e. The van der Waals surface area contributed by atoms with Gasteiger partial charge in [0, 0.05) is 4.88 Å². The van der Waals surface area contributed by atoms with Gasteiger partial charge in [-0.05, 0) is 54.0 Å². The van der Waals surface area contributed by atoms with Gasteiger partial charge in [-0.3, -0.25) is 0 Å². The fraction of sp³-hybridized carbons (Fsp3) is 0.263. The molecule has 1 aliphatic rings. The Kier molecular flexibility index (Phi) is 3.38. The molecule has 0 saturated carbocycles. The predicted molar refractivity (Wildman–Crippen MR) is 99.3 cm³/mol. The van der Waals surface area contributed by atoms with Crippen LogP contribution in [0.1, 0.15) is 22.4 Å². The van der Waals surface area contributed by atoms with E-state index >= 15 is 0 Å². The van der Waals surface area contributed by atoms with E-state index in [1.54, 1.807) is 18.4 Å². The number of nitrogens with zero attached hydrogens (tertiary/aromatic N) is 3. The number of aryl methyl sites for hydroxylation is 2. The molecule has 0 fully saturated rings. The van der Waals surface area contributed by atoms with E-state index in [1.807, 2.05) is 10.9 Å². The van der Waals surface area contributed by atoms with E-state index in [0.717, 1.165) is 47.7 Å². The zero-order chi connectivity index (χ0) is 16.8. The predicted octanol–water partition coefficient (Wildman–Crippen LogP) is 4.03. The molecule has 0 aliphatic heterocycles. The van der Waals surface area contributed by atoms with Crippen LogP contribution in [-0.2, 0) is 19.4 Å². The fourth-order valence-corrected chi connectivity index (χ4v) is 4.28. The van der Waals surface area contributed by atoms with Gasteiger partial charge in [0.15, 0.2) is 5.65 Å². The summed E-state index contributed by atoms with van der Waals surface area (Å²) >= 11 is 1.73. The summed E-state index contributed by atoms with van der Waals surface area (Å²) in [7, 11) is 1.72. The molecule has 1 N–H and O–H groups in total. The van der Waals surface area contributed by atoms with Crippen molar-refractivity contribution in [1.82, 2.24) is 19.7 Å². The molecular weight excluding hydrogens is 332 g/mol. The Morgan fingerprint density at radius 2 is 2.16 bits per heavy atom. The maximum absolute atomic E-state index is 5.63. The third-order valence-corrected chi connectivity index (χ3v) is 5.70. The molecule has 126 valence electrons. The molecule has 1 aliphatic carbocycles. The van der Waals surface area contributed by atoms with Gasteiger partial charge in [0.05, 0.1) is 25.4 Å². The number of ether oxygens (including phenoxy) is 1. The molecule has 3 heterocycles. The van der Waals surface area contributed by atoms with Crippen LogP contribution in [0.15, 0.2) is 35.8 Å². The zero-order valence-corrected chi connectivity index (χ0v) is 14.8. The number of H-pyrrole nitrogens is 1. The Morgan fingerprint density at radius 1 is 1.28 bits per heavy atom. The van der Waals surface area contributed by atoms with Crippen molar-refractivity contribution < 1.29 is 4.74 Å². The minimum atomic E-state index is 0.743. The smallest absolute Gasteiger partial charge is 0.177 e. The number of methoxy groups -OCH3 is 1. The largest absolute Gasteiger partial charge is 0.496 e. The van der Waals surface area contributed by atoms with Crippen molar-refractivity contribution in [2.75, 3.05) is 7.11 Å². The Hall–Kier alpha value is -2.60. The summed E-state index contributed by atoms with van der Waals surface area (Å²) in [6.45, 7) is 0.743. The third-order valence-electron chi connectivity index (χ3n) is 4.84. The lowest BCUT2D eigenvalue weighted by atomic mass is 10.0. The van der Waals surface area contributed by atoms with Crippen molar-refractivity contribution in [1.29, 1.82) is 0 Å². The molecule has 0 spiro atoms. The second-order valence-corrected chi connectivity index (χ2v) is 7.41. The summed E-state index contributed by atoms with van der Waals surface area (Å²) in [4.78, 5) is 9.50. The summed E-state index contributed by atoms with van der Waals surface area (Å²) in [6.07, 6.45) is 5.34. The molecule has 0 bridgehead atoms. The number of aromatic amines is 1. The van der Waals surface area contributed by atoms with E-state index in [-0.39, 0.29) is 0 Å². The quantitative estimate of drug-likeness (QED) is 0.604. The van der Waals surface area contributed by atoms with Crippen LogP contribution in [0.5, 0.6) is 5.75 Å². The van der Waals surface area contributed by atoms with E-state index in [1.165, 1.54) is 22.4 Å². The number of aromatic nitrogens is 4. The van der Waals surface area contributed by atoms with Crippen molar-refractivity contribution in [3.8, 4) is 17.1 Å². The number of benzene rings is 1. The molecule has 0 atom stereocenters. The SMILES string of the molecule is COc1cc2c(cc1-c1nc3c(cnn3Cc3cccs3)[nH]1)CCC2. The van der Waals surface area contributed by atoms with Crippen molar-refractivity contribution >= 4 is 22.5 Å². The summed E-state index contributed by atoms with van der Waals surface area (Å²) in [5.74, 6) is 1.73. The van der Waals surface area contributed by atoms with Gasteiger partial charge in [-0.15, -0.1) is 11.3 Å². The van der Waals surface area contributed by atoms with Crippen LogP contribution in [-0.4, -0.2) is 26.9 Å². The van der Waals surface area contributed by atoms with Gasteiger partial charge in [-0.1, -0.05) is 6.07 Å². The number of nitrogens with one attached hydrogen (secondary N) is 1. The highest BCUT2D eigenvalue weighted by atomic mass is 32.1. The van der Waals surface area contributed by atoms with Crippen molar-refractivity contribution in [2.45, 2.75) is 25.8 Å².